The summed E-state index contributed by atoms with van der Waals surface area (Å²) in [6.45, 7) is -11.1. The fourth-order valence-corrected chi connectivity index (χ4v) is 10.4. The lowest BCUT2D eigenvalue weighted by atomic mass is 10.1. The van der Waals surface area contributed by atoms with E-state index in [9.17, 15) is 44.6 Å². The maximum absolute atomic E-state index is 13.7. The first-order chi connectivity index (χ1) is 31.7. The number of hydrogen-bond donors (Lipinski definition) is 11. The number of nitrogens with zero attached hydrogens (tertiary/aromatic N) is 12. The Morgan fingerprint density at radius 3 is 1.39 bits per heavy atom. The summed E-state index contributed by atoms with van der Waals surface area (Å²) in [5.74, 6) is -0.0102. The highest BCUT2D eigenvalue weighted by atomic mass is 32.5. The average Bonchev–Trinajstić information content (AvgIpc) is 4.13. The number of rotatable bonds is 16. The monoisotopic (exact) mass is 1040 g/mol. The number of hydrogen-bond acceptors (Lipinski definition) is 27. The molecule has 3 saturated heterocycles. The topological polar surface area (TPSA) is 462 Å². The van der Waals surface area contributed by atoms with Crippen molar-refractivity contribution in [2.75, 3.05) is 37.0 Å². The van der Waals surface area contributed by atoms with Crippen molar-refractivity contribution in [2.24, 2.45) is 0 Å². The van der Waals surface area contributed by atoms with E-state index in [1.54, 1.807) is 0 Å². The number of aromatic nitrogens is 12. The molecule has 6 aromatic rings. The van der Waals surface area contributed by atoms with Crippen LogP contribution in [0.1, 0.15) is 18.7 Å². The van der Waals surface area contributed by atoms with Crippen LogP contribution in [0, 0.1) is 0 Å². The van der Waals surface area contributed by atoms with Crippen molar-refractivity contribution in [3.05, 3.63) is 38.0 Å². The molecular formula is C30H38N15O17P3S2. The molecule has 0 aliphatic carbocycles. The molecule has 67 heavy (non-hydrogen) atoms. The van der Waals surface area contributed by atoms with Gasteiger partial charge in [0.05, 0.1) is 38.8 Å². The fourth-order valence-electron chi connectivity index (χ4n) is 7.53. The minimum atomic E-state index is -5.34. The number of aliphatic hydroxyl groups is 4. The Morgan fingerprint density at radius 1 is 0.537 bits per heavy atom. The lowest BCUT2D eigenvalue weighted by molar-refractivity contribution is -0.0620. The van der Waals surface area contributed by atoms with E-state index < -0.39 is 115 Å². The van der Waals surface area contributed by atoms with Crippen molar-refractivity contribution in [1.82, 2.24) is 58.6 Å². The summed E-state index contributed by atoms with van der Waals surface area (Å²) in [5, 5.41) is 44.7. The van der Waals surface area contributed by atoms with Crippen LogP contribution in [-0.4, -0.2) is 173 Å². The standard InChI is InChI=1S/C30H38N15O17P3S2/c31-22-13-25(37-4-34-22)43(7-40-13)28-19(49)16(46)10(58-28)3-57-65(54,67)62-21-18(48)11(59-30(21)45-9-42-15-24(33)36-6-39-27(15)45)1-55-63(50,51)61-20-17(47)12(2-56-64(52,53)66)60-29(20)44-8-41-14-23(32)35-5-38-26(14)44/h4-12,16-21,28-30,46-49H,1-3H2,(H,50,51)(H,54,67)(H2,31,34,37)(H2,32,35,38)(H2,33,36,39)(H2,52,53,66). The molecule has 14 N–H and O–H groups in total. The third kappa shape index (κ3) is 9.51. The molecule has 32 nitrogen and oxygen atoms in total. The predicted molar refractivity (Wildman–Crippen MR) is 228 cm³/mol. The van der Waals surface area contributed by atoms with Crippen LogP contribution < -0.4 is 17.2 Å². The highest BCUT2D eigenvalue weighted by molar-refractivity contribution is 8.07. The number of anilines is 3. The van der Waals surface area contributed by atoms with Gasteiger partial charge in [0.2, 0.25) is 0 Å². The van der Waals surface area contributed by atoms with Gasteiger partial charge in [-0.25, -0.2) is 49.4 Å². The zero-order chi connectivity index (χ0) is 47.7. The van der Waals surface area contributed by atoms with E-state index in [-0.39, 0.29) is 50.9 Å². The molecule has 0 aromatic carbocycles. The maximum atomic E-state index is 13.7. The van der Waals surface area contributed by atoms with Crippen LogP contribution >= 0.6 is 21.3 Å². The Labute approximate surface area is 383 Å². The van der Waals surface area contributed by atoms with Crippen LogP contribution in [0.2, 0.25) is 0 Å². The molecule has 37 heteroatoms. The molecule has 14 atom stereocenters. The molecule has 0 amide bonds. The Bertz CT molecular complexity index is 2950. The summed E-state index contributed by atoms with van der Waals surface area (Å²) in [5.41, 5.74) is 18.5. The number of ether oxygens (including phenoxy) is 3. The molecule has 9 heterocycles. The Kier molecular flexibility index (Phi) is 13.1. The molecule has 3 aliphatic rings. The molecule has 3 aliphatic heterocycles. The second kappa shape index (κ2) is 18.4. The molecule has 14 unspecified atom stereocenters. The third-order valence-corrected chi connectivity index (χ3v) is 14.0. The van der Waals surface area contributed by atoms with Gasteiger partial charge in [0.1, 0.15) is 90.5 Å². The minimum absolute atomic E-state index is 0.0338. The number of nitrogens with two attached hydrogens (primary N) is 3. The number of phosphoric acid groups is 1. The van der Waals surface area contributed by atoms with Gasteiger partial charge in [0.15, 0.2) is 53.1 Å². The Hall–Kier alpha value is -4.06. The minimum Gasteiger partial charge on any atom is -0.387 e. The first-order valence-electron chi connectivity index (χ1n) is 19.2. The zero-order valence-electron chi connectivity index (χ0n) is 33.5. The van der Waals surface area contributed by atoms with Crippen LogP contribution in [0.4, 0.5) is 17.5 Å². The van der Waals surface area contributed by atoms with E-state index in [1.165, 1.54) is 39.0 Å². The van der Waals surface area contributed by atoms with Gasteiger partial charge < -0.3 is 80.5 Å². The van der Waals surface area contributed by atoms with Crippen molar-refractivity contribution in [2.45, 2.75) is 73.6 Å². The largest absolute Gasteiger partial charge is 0.472 e. The summed E-state index contributed by atoms with van der Waals surface area (Å²) in [7, 11) is -5.34. The lowest BCUT2D eigenvalue weighted by Crippen LogP contribution is -2.37. The van der Waals surface area contributed by atoms with Crippen molar-refractivity contribution in [1.29, 1.82) is 0 Å². The predicted octanol–water partition coefficient (Wildman–Crippen LogP) is -3.26. The maximum Gasteiger partial charge on any atom is 0.472 e. The van der Waals surface area contributed by atoms with Crippen molar-refractivity contribution < 1.29 is 81.4 Å². The second-order valence-corrected chi connectivity index (χ2v) is 21.7. The quantitative estimate of drug-likeness (QED) is 0.0424. The summed E-state index contributed by atoms with van der Waals surface area (Å²) in [6, 6.07) is 0. The van der Waals surface area contributed by atoms with Crippen LogP contribution in [0.25, 0.3) is 33.5 Å². The summed E-state index contributed by atoms with van der Waals surface area (Å²) in [6.07, 6.45) is -11.9. The molecule has 0 bridgehead atoms. The van der Waals surface area contributed by atoms with E-state index in [0.29, 0.717) is 0 Å². The van der Waals surface area contributed by atoms with Gasteiger partial charge in [-0.3, -0.25) is 27.3 Å². The van der Waals surface area contributed by atoms with Gasteiger partial charge in [-0.05, 0) is 23.6 Å². The highest BCUT2D eigenvalue weighted by Gasteiger charge is 2.53. The fraction of sp³-hybridized carbons (Fsp3) is 0.500. The van der Waals surface area contributed by atoms with Crippen LogP contribution in [-0.2, 0) is 65.0 Å². The van der Waals surface area contributed by atoms with Gasteiger partial charge in [-0.15, -0.1) is 0 Å². The molecule has 6 aromatic heterocycles. The van der Waals surface area contributed by atoms with E-state index in [0.717, 1.165) is 12.7 Å². The summed E-state index contributed by atoms with van der Waals surface area (Å²) >= 11 is 9.81. The van der Waals surface area contributed by atoms with Crippen molar-refractivity contribution >= 4 is 95.8 Å². The average molecular weight is 1040 g/mol. The number of imidazole rings is 3. The number of fused-ring (bicyclic) bond motifs is 3. The van der Waals surface area contributed by atoms with Crippen LogP contribution in [0.5, 0.6) is 0 Å². The lowest BCUT2D eigenvalue weighted by Gasteiger charge is -2.27. The van der Waals surface area contributed by atoms with Crippen molar-refractivity contribution in [3.8, 4) is 0 Å². The molecule has 362 valence electrons. The Morgan fingerprint density at radius 2 is 0.925 bits per heavy atom. The molecule has 9 rings (SSSR count). The number of aliphatic hydroxyl groups excluding tert-OH is 4. The van der Waals surface area contributed by atoms with Gasteiger partial charge in [0.25, 0.3) is 0 Å². The third-order valence-electron chi connectivity index (χ3n) is 10.7. The van der Waals surface area contributed by atoms with E-state index in [2.05, 4.69) is 56.7 Å². The van der Waals surface area contributed by atoms with E-state index in [4.69, 9.17) is 65.8 Å². The SMILES string of the molecule is Nc1ncnc2c1ncn2C1OC(COP(O)(=S)OC2C(O)C(COP(=O)(O)OC3C(O)C(COP(O)(O)=S)OC3n3cnc4c(N)ncnc43)OC2n2cnc3c(N)ncnc32)C(O)C1O. The molecule has 0 spiro atoms. The smallest absolute Gasteiger partial charge is 0.387 e. The molecular weight excluding hydrogens is 999 g/mol. The summed E-state index contributed by atoms with van der Waals surface area (Å²) in [4.78, 5) is 78.3. The second-order valence-electron chi connectivity index (χ2n) is 14.9. The molecule has 3 fully saturated rings. The Balaban J connectivity index is 0.918. The van der Waals surface area contributed by atoms with E-state index >= 15 is 0 Å². The number of nitrogen functional groups attached to an aromatic ring is 3. The van der Waals surface area contributed by atoms with Crippen LogP contribution in [0.3, 0.4) is 0 Å². The first kappa shape index (κ1) is 48.0. The van der Waals surface area contributed by atoms with Gasteiger partial charge >= 0.3 is 21.3 Å². The normalized spacial score (nSPS) is 31.0. The number of phosphoric ester groups is 1. The van der Waals surface area contributed by atoms with Gasteiger partial charge in [-0.2, -0.15) is 0 Å². The van der Waals surface area contributed by atoms with Crippen LogP contribution in [0.15, 0.2) is 38.0 Å². The highest BCUT2D eigenvalue weighted by Crippen LogP contribution is 2.53. The zero-order valence-corrected chi connectivity index (χ0v) is 37.8. The van der Waals surface area contributed by atoms with Gasteiger partial charge in [-0.1, -0.05) is 0 Å². The van der Waals surface area contributed by atoms with Crippen molar-refractivity contribution in [3.63, 3.8) is 0 Å². The molecule has 0 radical (unpaired) electrons. The first-order valence-corrected chi connectivity index (χ1v) is 25.9. The summed E-state index contributed by atoms with van der Waals surface area (Å²) < 4.78 is 62.3. The molecule has 0 saturated carbocycles. The van der Waals surface area contributed by atoms with Gasteiger partial charge in [0, 0.05) is 0 Å². The van der Waals surface area contributed by atoms with E-state index in [1.807, 2.05) is 0 Å².